The van der Waals surface area contributed by atoms with Crippen molar-refractivity contribution < 1.29 is 18.3 Å². The molecule has 0 unspecified atom stereocenters. The summed E-state index contributed by atoms with van der Waals surface area (Å²) < 4.78 is 35.1. The summed E-state index contributed by atoms with van der Waals surface area (Å²) in [6.45, 7) is 4.35. The molecular weight excluding hydrogens is 440 g/mol. The van der Waals surface area contributed by atoms with Crippen LogP contribution in [0.3, 0.4) is 0 Å². The fourth-order valence-corrected chi connectivity index (χ4v) is 3.87. The molecule has 174 valence electrons. The molecule has 1 aliphatic heterocycles. The molecule has 3 heterocycles. The number of ether oxygens (including phenoxy) is 1. The van der Waals surface area contributed by atoms with Gasteiger partial charge in [-0.3, -0.25) is 9.78 Å². The molecule has 2 N–H and O–H groups in total. The fraction of sp³-hybridized carbons (Fsp3) is 0.200. The largest absolute Gasteiger partial charge is 0.439 e. The lowest BCUT2D eigenvalue weighted by Gasteiger charge is -2.33. The van der Waals surface area contributed by atoms with E-state index in [2.05, 4.69) is 21.9 Å². The normalized spacial score (nSPS) is 15.5. The summed E-state index contributed by atoms with van der Waals surface area (Å²) in [6.07, 6.45) is 4.88. The minimum atomic E-state index is -0.851. The third-order valence-corrected chi connectivity index (χ3v) is 5.54. The number of carbonyl (C=O) groups is 1. The quantitative estimate of drug-likeness (QED) is 0.290. The van der Waals surface area contributed by atoms with Gasteiger partial charge in [0.25, 0.3) is 0 Å². The summed E-state index contributed by atoms with van der Waals surface area (Å²) in [5, 5.41) is 11.5. The number of pyridine rings is 2. The maximum absolute atomic E-state index is 14.8. The van der Waals surface area contributed by atoms with Gasteiger partial charge in [-0.05, 0) is 37.1 Å². The highest BCUT2D eigenvalue weighted by atomic mass is 19.1. The Labute approximate surface area is 195 Å². The van der Waals surface area contributed by atoms with Gasteiger partial charge in [0.2, 0.25) is 17.7 Å². The summed E-state index contributed by atoms with van der Waals surface area (Å²) in [6, 6.07) is 11.7. The van der Waals surface area contributed by atoms with Gasteiger partial charge in [0.15, 0.2) is 5.82 Å². The van der Waals surface area contributed by atoms with Gasteiger partial charge in [0.1, 0.15) is 5.75 Å². The fourth-order valence-electron chi connectivity index (χ4n) is 3.87. The molecule has 2 aromatic heterocycles. The van der Waals surface area contributed by atoms with Crippen LogP contribution in [-0.2, 0) is 4.79 Å². The molecule has 1 saturated heterocycles. The first kappa shape index (κ1) is 23.0. The van der Waals surface area contributed by atoms with Gasteiger partial charge in [-0.25, -0.2) is 4.39 Å². The number of hydrogen-bond acceptors (Lipinski definition) is 6. The van der Waals surface area contributed by atoms with Gasteiger partial charge in [0.05, 0.1) is 29.3 Å². The topological polar surface area (TPSA) is 91.2 Å². The molecule has 1 amide bonds. The molecule has 4 rings (SSSR count). The lowest BCUT2D eigenvalue weighted by molar-refractivity contribution is -0.127. The molecule has 0 spiro atoms. The molecule has 1 atom stereocenters. The number of benzene rings is 1. The van der Waals surface area contributed by atoms with Gasteiger partial charge in [-0.15, -0.1) is 0 Å². The summed E-state index contributed by atoms with van der Waals surface area (Å²) in [5.74, 6) is -1.59. The maximum atomic E-state index is 14.8. The Morgan fingerprint density at radius 3 is 2.71 bits per heavy atom. The highest BCUT2D eigenvalue weighted by molar-refractivity contribution is 6.05. The monoisotopic (exact) mass is 463 g/mol. The Morgan fingerprint density at radius 1 is 1.18 bits per heavy atom. The van der Waals surface area contributed by atoms with E-state index in [1.165, 1.54) is 24.4 Å². The van der Waals surface area contributed by atoms with Crippen molar-refractivity contribution in [1.82, 2.24) is 14.9 Å². The molecule has 1 fully saturated rings. The van der Waals surface area contributed by atoms with Crippen LogP contribution < -0.4 is 10.1 Å². The summed E-state index contributed by atoms with van der Waals surface area (Å²) >= 11 is 0. The predicted octanol–water partition coefficient (Wildman–Crippen LogP) is 5.08. The average Bonchev–Trinajstić information content (AvgIpc) is 2.85. The first-order valence-corrected chi connectivity index (χ1v) is 10.8. The third-order valence-electron chi connectivity index (χ3n) is 5.54. The van der Waals surface area contributed by atoms with E-state index < -0.39 is 11.8 Å². The molecule has 34 heavy (non-hydrogen) atoms. The first-order valence-electron chi connectivity index (χ1n) is 10.8. The second-order valence-corrected chi connectivity index (χ2v) is 7.81. The summed E-state index contributed by atoms with van der Waals surface area (Å²) in [7, 11) is 0. The first-order chi connectivity index (χ1) is 16.5. The van der Waals surface area contributed by atoms with E-state index in [0.29, 0.717) is 25.1 Å². The van der Waals surface area contributed by atoms with Gasteiger partial charge >= 0.3 is 0 Å². The number of halogens is 2. The summed E-state index contributed by atoms with van der Waals surface area (Å²) in [4.78, 5) is 21.3. The summed E-state index contributed by atoms with van der Waals surface area (Å²) in [5.41, 5.74) is 0.113. The number of amides is 1. The van der Waals surface area contributed by atoms with Crippen LogP contribution in [0, 0.1) is 23.1 Å². The molecule has 1 aromatic carbocycles. The van der Waals surface area contributed by atoms with Crippen LogP contribution in [0.25, 0.3) is 0 Å². The zero-order valence-corrected chi connectivity index (χ0v) is 18.3. The second kappa shape index (κ2) is 10.2. The number of rotatable bonds is 7. The minimum absolute atomic E-state index is 0.0151. The Hall–Kier alpha value is -4.14. The van der Waals surface area contributed by atoms with E-state index in [1.807, 2.05) is 6.07 Å². The molecule has 9 heteroatoms. The predicted molar refractivity (Wildman–Crippen MR) is 125 cm³/mol. The van der Waals surface area contributed by atoms with E-state index in [1.54, 1.807) is 29.2 Å². The van der Waals surface area contributed by atoms with E-state index in [9.17, 15) is 13.6 Å². The smallest absolute Gasteiger partial charge is 0.245 e. The van der Waals surface area contributed by atoms with Gasteiger partial charge < -0.3 is 20.4 Å². The highest BCUT2D eigenvalue weighted by Gasteiger charge is 2.29. The molecular formula is C25H23F2N5O2. The lowest BCUT2D eigenvalue weighted by atomic mass is 9.88. The van der Waals surface area contributed by atoms with Crippen LogP contribution in [-0.4, -0.2) is 39.6 Å². The van der Waals surface area contributed by atoms with Crippen molar-refractivity contribution >= 4 is 23.0 Å². The standard InChI is InChI=1S/C25H23F2N5O2/c1-2-22(33)32-12-6-7-16(15-32)24(28)23-18(26)13-29-14-20(23)30-19-10-11-21(31-25(19)27)34-17-8-4-3-5-9-17/h2-5,8-11,13-14,16,28,30H,1,6-7,12,15H2/t16-/m1/s1. The SMILES string of the molecule is C=CC(=O)N1CCC[C@@H](C(=N)c2c(F)cncc2Nc2ccc(Oc3ccccc3)nc2F)C1. The second-order valence-electron chi connectivity index (χ2n) is 7.81. The van der Waals surface area contributed by atoms with Crippen molar-refractivity contribution in [3.8, 4) is 11.6 Å². The molecule has 0 radical (unpaired) electrons. The van der Waals surface area contributed by atoms with Crippen LogP contribution in [0.2, 0.25) is 0 Å². The molecule has 3 aromatic rings. The van der Waals surface area contributed by atoms with E-state index >= 15 is 0 Å². The number of piperidine rings is 1. The lowest BCUT2D eigenvalue weighted by Crippen LogP contribution is -2.41. The van der Waals surface area contributed by atoms with Crippen LogP contribution in [0.15, 0.2) is 67.5 Å². The number of nitrogens with zero attached hydrogens (tertiary/aromatic N) is 3. The number of aromatic nitrogens is 2. The van der Waals surface area contributed by atoms with Crippen molar-refractivity contribution in [2.24, 2.45) is 5.92 Å². The van der Waals surface area contributed by atoms with Crippen molar-refractivity contribution in [1.29, 1.82) is 5.41 Å². The molecule has 0 bridgehead atoms. The number of likely N-dealkylation sites (tertiary alicyclic amines) is 1. The van der Waals surface area contributed by atoms with Crippen molar-refractivity contribution in [2.45, 2.75) is 12.8 Å². The van der Waals surface area contributed by atoms with E-state index in [4.69, 9.17) is 10.1 Å². The van der Waals surface area contributed by atoms with Crippen LogP contribution in [0.5, 0.6) is 11.6 Å². The van der Waals surface area contributed by atoms with Crippen LogP contribution in [0.4, 0.5) is 20.2 Å². The molecule has 0 saturated carbocycles. The van der Waals surface area contributed by atoms with Crippen molar-refractivity contribution in [2.75, 3.05) is 18.4 Å². The Balaban J connectivity index is 1.56. The van der Waals surface area contributed by atoms with Crippen molar-refractivity contribution in [3.63, 3.8) is 0 Å². The maximum Gasteiger partial charge on any atom is 0.245 e. The number of carbonyl (C=O) groups excluding carboxylic acids is 1. The Kier molecular flexibility index (Phi) is 6.91. The number of hydrogen-bond donors (Lipinski definition) is 2. The zero-order valence-electron chi connectivity index (χ0n) is 18.3. The van der Waals surface area contributed by atoms with E-state index in [0.717, 1.165) is 6.20 Å². The number of anilines is 2. The Morgan fingerprint density at radius 2 is 1.97 bits per heavy atom. The van der Waals surface area contributed by atoms with Gasteiger partial charge in [0, 0.05) is 30.8 Å². The molecule has 7 nitrogen and oxygen atoms in total. The Bertz CT molecular complexity index is 1220. The van der Waals surface area contributed by atoms with Gasteiger partial charge in [-0.2, -0.15) is 9.37 Å². The zero-order chi connectivity index (χ0) is 24.1. The van der Waals surface area contributed by atoms with Gasteiger partial charge in [-0.1, -0.05) is 24.8 Å². The average molecular weight is 463 g/mol. The number of nitrogens with one attached hydrogen (secondary N) is 2. The van der Waals surface area contributed by atoms with E-state index in [-0.39, 0.29) is 46.9 Å². The third kappa shape index (κ3) is 5.09. The van der Waals surface area contributed by atoms with Crippen LogP contribution in [0.1, 0.15) is 18.4 Å². The molecule has 1 aliphatic rings. The van der Waals surface area contributed by atoms with Crippen molar-refractivity contribution in [3.05, 3.63) is 84.8 Å². The number of para-hydroxylation sites is 1. The highest BCUT2D eigenvalue weighted by Crippen LogP contribution is 2.30. The van der Waals surface area contributed by atoms with Crippen LogP contribution >= 0.6 is 0 Å². The minimum Gasteiger partial charge on any atom is -0.439 e. The molecule has 0 aliphatic carbocycles.